The van der Waals surface area contributed by atoms with Crippen molar-refractivity contribution in [1.82, 2.24) is 10.2 Å². The van der Waals surface area contributed by atoms with Crippen LogP contribution in [0.15, 0.2) is 0 Å². The van der Waals surface area contributed by atoms with Gasteiger partial charge >= 0.3 is 0 Å². The van der Waals surface area contributed by atoms with E-state index >= 15 is 0 Å². The van der Waals surface area contributed by atoms with Crippen LogP contribution in [-0.2, 0) is 9.84 Å². The Morgan fingerprint density at radius 2 is 1.75 bits per heavy atom. The third-order valence-electron chi connectivity index (χ3n) is 4.14. The number of rotatable bonds is 3. The summed E-state index contributed by atoms with van der Waals surface area (Å²) < 4.78 is 23.8. The average Bonchev–Trinajstić information content (AvgIpc) is 2.49. The molecule has 1 atom stereocenters. The van der Waals surface area contributed by atoms with E-state index < -0.39 is 14.6 Å². The Kier molecular flexibility index (Phi) is 5.67. The Bertz CT molecular complexity index is 405. The SMILES string of the molecule is CC(C)(C)C1CN(CCS(=O)(=O)C(C)(C)C)CCCN1. The minimum atomic E-state index is -3.02. The maximum absolute atomic E-state index is 12.2. The summed E-state index contributed by atoms with van der Waals surface area (Å²) in [5, 5.41) is 3.59. The molecule has 0 aromatic rings. The highest BCUT2D eigenvalue weighted by Crippen LogP contribution is 2.22. The molecule has 20 heavy (non-hydrogen) atoms. The molecule has 120 valence electrons. The van der Waals surface area contributed by atoms with Crippen molar-refractivity contribution < 1.29 is 8.42 Å². The minimum Gasteiger partial charge on any atom is -0.312 e. The van der Waals surface area contributed by atoms with Crippen LogP contribution >= 0.6 is 0 Å². The third-order valence-corrected chi connectivity index (χ3v) is 6.72. The summed E-state index contributed by atoms with van der Waals surface area (Å²) in [5.74, 6) is 0.257. The molecule has 0 aromatic carbocycles. The van der Waals surface area contributed by atoms with Crippen LogP contribution < -0.4 is 5.32 Å². The molecule has 0 bridgehead atoms. The lowest BCUT2D eigenvalue weighted by Gasteiger charge is -2.34. The molecule has 0 amide bonds. The van der Waals surface area contributed by atoms with Crippen molar-refractivity contribution >= 4 is 9.84 Å². The smallest absolute Gasteiger partial charge is 0.156 e. The van der Waals surface area contributed by atoms with Crippen LogP contribution in [0.3, 0.4) is 0 Å². The molecule has 1 aliphatic rings. The lowest BCUT2D eigenvalue weighted by atomic mass is 9.86. The number of sulfone groups is 1. The maximum Gasteiger partial charge on any atom is 0.156 e. The molecule has 1 N–H and O–H groups in total. The summed E-state index contributed by atoms with van der Waals surface area (Å²) >= 11 is 0. The van der Waals surface area contributed by atoms with Crippen molar-refractivity contribution in [3.05, 3.63) is 0 Å². The van der Waals surface area contributed by atoms with Crippen molar-refractivity contribution in [2.75, 3.05) is 31.9 Å². The zero-order valence-corrected chi connectivity index (χ0v) is 14.8. The number of nitrogens with one attached hydrogen (secondary N) is 1. The van der Waals surface area contributed by atoms with Crippen LogP contribution in [0, 0.1) is 5.41 Å². The van der Waals surface area contributed by atoms with E-state index in [4.69, 9.17) is 0 Å². The van der Waals surface area contributed by atoms with Crippen molar-refractivity contribution in [1.29, 1.82) is 0 Å². The second-order valence-electron chi connectivity index (χ2n) is 7.96. The van der Waals surface area contributed by atoms with Gasteiger partial charge in [0.1, 0.15) is 0 Å². The largest absolute Gasteiger partial charge is 0.312 e. The number of hydrogen-bond acceptors (Lipinski definition) is 4. The van der Waals surface area contributed by atoms with E-state index in [1.165, 1.54) is 0 Å². The highest BCUT2D eigenvalue weighted by Gasteiger charge is 2.31. The molecule has 1 unspecified atom stereocenters. The van der Waals surface area contributed by atoms with Gasteiger partial charge in [0.05, 0.1) is 10.5 Å². The van der Waals surface area contributed by atoms with Crippen molar-refractivity contribution in [3.8, 4) is 0 Å². The van der Waals surface area contributed by atoms with Gasteiger partial charge in [0.25, 0.3) is 0 Å². The Labute approximate surface area is 125 Å². The zero-order chi connectivity index (χ0) is 15.6. The van der Waals surface area contributed by atoms with E-state index in [1.807, 2.05) is 0 Å². The zero-order valence-electron chi connectivity index (χ0n) is 14.0. The quantitative estimate of drug-likeness (QED) is 0.865. The second-order valence-corrected chi connectivity index (χ2v) is 10.8. The molecule has 0 spiro atoms. The fourth-order valence-electron chi connectivity index (χ4n) is 2.33. The lowest BCUT2D eigenvalue weighted by Crippen LogP contribution is -2.47. The molecule has 1 heterocycles. The van der Waals surface area contributed by atoms with E-state index in [2.05, 4.69) is 31.0 Å². The van der Waals surface area contributed by atoms with Crippen LogP contribution in [0.2, 0.25) is 0 Å². The molecule has 1 saturated heterocycles. The first kappa shape index (κ1) is 17.9. The fourth-order valence-corrected chi connectivity index (χ4v) is 3.44. The summed E-state index contributed by atoms with van der Waals surface area (Å²) in [6.07, 6.45) is 1.09. The predicted molar refractivity (Wildman–Crippen MR) is 85.8 cm³/mol. The molecule has 1 aliphatic heterocycles. The van der Waals surface area contributed by atoms with Gasteiger partial charge in [-0.05, 0) is 45.7 Å². The van der Waals surface area contributed by atoms with Gasteiger partial charge in [0.2, 0.25) is 0 Å². The van der Waals surface area contributed by atoms with Crippen molar-refractivity contribution in [2.24, 2.45) is 5.41 Å². The molecular weight excluding hydrogens is 272 g/mol. The molecule has 0 saturated carbocycles. The lowest BCUT2D eigenvalue weighted by molar-refractivity contribution is 0.203. The standard InChI is InChI=1S/C15H32N2O2S/c1-14(2,3)13-12-17(9-7-8-16-13)10-11-20(18,19)15(4,5)6/h13,16H,7-12H2,1-6H3. The van der Waals surface area contributed by atoms with Gasteiger partial charge in [-0.2, -0.15) is 0 Å². The first-order valence-corrected chi connectivity index (χ1v) is 9.27. The Balaban J connectivity index is 2.63. The van der Waals surface area contributed by atoms with Crippen LogP contribution in [0.4, 0.5) is 0 Å². The summed E-state index contributed by atoms with van der Waals surface area (Å²) in [4.78, 5) is 2.30. The summed E-state index contributed by atoms with van der Waals surface area (Å²) in [5.41, 5.74) is 0.200. The predicted octanol–water partition coefficient (Wildman–Crippen LogP) is 1.91. The summed E-state index contributed by atoms with van der Waals surface area (Å²) in [6.45, 7) is 15.6. The van der Waals surface area contributed by atoms with Crippen LogP contribution in [0.25, 0.3) is 0 Å². The van der Waals surface area contributed by atoms with Gasteiger partial charge in [-0.3, -0.25) is 0 Å². The minimum absolute atomic E-state index is 0.200. The van der Waals surface area contributed by atoms with E-state index in [9.17, 15) is 8.42 Å². The molecule has 4 nitrogen and oxygen atoms in total. The first-order chi connectivity index (χ1) is 8.93. The maximum atomic E-state index is 12.2. The molecule has 0 aromatic heterocycles. The highest BCUT2D eigenvalue weighted by molar-refractivity contribution is 7.92. The Morgan fingerprint density at radius 3 is 2.25 bits per heavy atom. The van der Waals surface area contributed by atoms with Gasteiger partial charge in [0, 0.05) is 19.1 Å². The monoisotopic (exact) mass is 304 g/mol. The molecule has 1 rings (SSSR count). The molecule has 0 aliphatic carbocycles. The number of nitrogens with zero attached hydrogens (tertiary/aromatic N) is 1. The van der Waals surface area contributed by atoms with Crippen molar-refractivity contribution in [2.45, 2.75) is 58.8 Å². The Hall–Kier alpha value is -0.130. The van der Waals surface area contributed by atoms with E-state index in [1.54, 1.807) is 20.8 Å². The average molecular weight is 305 g/mol. The first-order valence-electron chi connectivity index (χ1n) is 7.61. The molecular formula is C15H32N2O2S. The van der Waals surface area contributed by atoms with E-state index in [-0.39, 0.29) is 11.2 Å². The van der Waals surface area contributed by atoms with Crippen LogP contribution in [0.5, 0.6) is 0 Å². The summed E-state index contributed by atoms with van der Waals surface area (Å²) in [6, 6.07) is 0.419. The van der Waals surface area contributed by atoms with Crippen molar-refractivity contribution in [3.63, 3.8) is 0 Å². The number of hydrogen-bond donors (Lipinski definition) is 1. The van der Waals surface area contributed by atoms with E-state index in [0.717, 1.165) is 26.1 Å². The van der Waals surface area contributed by atoms with Gasteiger partial charge in [0.15, 0.2) is 9.84 Å². The van der Waals surface area contributed by atoms with Gasteiger partial charge < -0.3 is 10.2 Å². The topological polar surface area (TPSA) is 49.4 Å². The molecule has 0 radical (unpaired) electrons. The molecule has 5 heteroatoms. The van der Waals surface area contributed by atoms with Gasteiger partial charge in [-0.1, -0.05) is 20.8 Å². The summed E-state index contributed by atoms with van der Waals surface area (Å²) in [7, 11) is -3.02. The van der Waals surface area contributed by atoms with Gasteiger partial charge in [-0.15, -0.1) is 0 Å². The normalized spacial score (nSPS) is 23.6. The second kappa shape index (κ2) is 6.32. The van der Waals surface area contributed by atoms with Gasteiger partial charge in [-0.25, -0.2) is 8.42 Å². The van der Waals surface area contributed by atoms with Crippen LogP contribution in [-0.4, -0.2) is 56.0 Å². The van der Waals surface area contributed by atoms with Crippen LogP contribution in [0.1, 0.15) is 48.0 Å². The third kappa shape index (κ3) is 5.01. The van der Waals surface area contributed by atoms with E-state index in [0.29, 0.717) is 12.6 Å². The Morgan fingerprint density at radius 1 is 1.15 bits per heavy atom. The highest BCUT2D eigenvalue weighted by atomic mass is 32.2. The molecule has 1 fully saturated rings. The fraction of sp³-hybridized carbons (Fsp3) is 1.00.